The van der Waals surface area contributed by atoms with Crippen molar-refractivity contribution in [2.75, 3.05) is 24.2 Å². The number of carbonyl (C=O) groups excluding carboxylic acids is 1. The van der Waals surface area contributed by atoms with E-state index in [0.717, 1.165) is 52.9 Å². The molecule has 7 heteroatoms. The molecule has 0 fully saturated rings. The van der Waals surface area contributed by atoms with E-state index in [9.17, 15) is 4.79 Å². The first-order valence-corrected chi connectivity index (χ1v) is 13.5. The van der Waals surface area contributed by atoms with E-state index in [2.05, 4.69) is 47.5 Å². The van der Waals surface area contributed by atoms with Gasteiger partial charge in [-0.05, 0) is 42.8 Å². The SMILES string of the molecule is CCN1CCc2c(sc(NC(=O)CCSc3ccccc3)c2-c2nc3ccccc3s2)C1. The van der Waals surface area contributed by atoms with Crippen LogP contribution in [0.4, 0.5) is 5.00 Å². The number of benzene rings is 2. The Hall–Kier alpha value is -2.19. The quantitative estimate of drug-likeness (QED) is 0.306. The van der Waals surface area contributed by atoms with E-state index in [4.69, 9.17) is 4.98 Å². The summed E-state index contributed by atoms with van der Waals surface area (Å²) in [6.45, 7) is 5.26. The van der Waals surface area contributed by atoms with Gasteiger partial charge in [-0.15, -0.1) is 34.4 Å². The van der Waals surface area contributed by atoms with Crippen molar-refractivity contribution in [2.45, 2.75) is 31.2 Å². The molecule has 2 aromatic carbocycles. The minimum atomic E-state index is 0.0711. The van der Waals surface area contributed by atoms with Gasteiger partial charge in [0, 0.05) is 40.6 Å². The highest BCUT2D eigenvalue weighted by Crippen LogP contribution is 2.45. The number of nitrogens with zero attached hydrogens (tertiary/aromatic N) is 2. The molecule has 1 aliphatic heterocycles. The Morgan fingerprint density at radius 2 is 1.94 bits per heavy atom. The number of aromatic nitrogens is 1. The predicted octanol–water partition coefficient (Wildman–Crippen LogP) is 6.52. The molecular formula is C25H25N3OS3. The average Bonchev–Trinajstić information content (AvgIpc) is 3.39. The van der Waals surface area contributed by atoms with Crippen LogP contribution in [-0.4, -0.2) is 34.6 Å². The Balaban J connectivity index is 1.39. The highest BCUT2D eigenvalue weighted by molar-refractivity contribution is 7.99. The van der Waals surface area contributed by atoms with E-state index >= 15 is 0 Å². The van der Waals surface area contributed by atoms with Crippen LogP contribution in [0.2, 0.25) is 0 Å². The van der Waals surface area contributed by atoms with E-state index < -0.39 is 0 Å². The molecule has 164 valence electrons. The number of thiazole rings is 1. The van der Waals surface area contributed by atoms with Crippen LogP contribution >= 0.6 is 34.4 Å². The summed E-state index contributed by atoms with van der Waals surface area (Å²) >= 11 is 5.17. The summed E-state index contributed by atoms with van der Waals surface area (Å²) in [6, 6.07) is 18.5. The van der Waals surface area contributed by atoms with Gasteiger partial charge in [0.2, 0.25) is 5.91 Å². The van der Waals surface area contributed by atoms with Gasteiger partial charge in [0.1, 0.15) is 10.0 Å². The minimum Gasteiger partial charge on any atom is -0.317 e. The Bertz CT molecular complexity index is 1200. The molecule has 0 atom stereocenters. The van der Waals surface area contributed by atoms with Crippen molar-refractivity contribution >= 4 is 55.6 Å². The lowest BCUT2D eigenvalue weighted by molar-refractivity contribution is -0.115. The van der Waals surface area contributed by atoms with Crippen molar-refractivity contribution in [1.29, 1.82) is 0 Å². The Labute approximate surface area is 200 Å². The number of hydrogen-bond donors (Lipinski definition) is 1. The minimum absolute atomic E-state index is 0.0711. The van der Waals surface area contributed by atoms with Crippen molar-refractivity contribution in [3.8, 4) is 10.6 Å². The number of thiophene rings is 1. The number of amides is 1. The van der Waals surface area contributed by atoms with Gasteiger partial charge >= 0.3 is 0 Å². The van der Waals surface area contributed by atoms with Crippen LogP contribution in [0.1, 0.15) is 23.8 Å². The third-order valence-corrected chi connectivity index (χ3v) is 8.88. The van der Waals surface area contributed by atoms with Crippen molar-refractivity contribution in [3.05, 3.63) is 65.0 Å². The summed E-state index contributed by atoms with van der Waals surface area (Å²) in [4.78, 5) is 22.8. The summed E-state index contributed by atoms with van der Waals surface area (Å²) < 4.78 is 1.19. The fourth-order valence-corrected chi connectivity index (χ4v) is 7.28. The zero-order valence-electron chi connectivity index (χ0n) is 18.0. The van der Waals surface area contributed by atoms with E-state index in [-0.39, 0.29) is 5.91 Å². The van der Waals surface area contributed by atoms with Crippen LogP contribution in [0.3, 0.4) is 0 Å². The van der Waals surface area contributed by atoms with Gasteiger partial charge in [-0.1, -0.05) is 37.3 Å². The summed E-state index contributed by atoms with van der Waals surface area (Å²) in [7, 11) is 0. The van der Waals surface area contributed by atoms with Crippen molar-refractivity contribution < 1.29 is 4.79 Å². The number of likely N-dealkylation sites (N-methyl/N-ethyl adjacent to an activating group) is 1. The lowest BCUT2D eigenvalue weighted by Gasteiger charge is -2.25. The summed E-state index contributed by atoms with van der Waals surface area (Å²) in [6.07, 6.45) is 1.49. The zero-order chi connectivity index (χ0) is 21.9. The van der Waals surface area contributed by atoms with Gasteiger partial charge in [-0.3, -0.25) is 9.69 Å². The Morgan fingerprint density at radius 3 is 2.75 bits per heavy atom. The largest absolute Gasteiger partial charge is 0.317 e. The smallest absolute Gasteiger partial charge is 0.225 e. The second kappa shape index (κ2) is 9.75. The summed E-state index contributed by atoms with van der Waals surface area (Å²) in [5.74, 6) is 0.836. The van der Waals surface area contributed by atoms with Gasteiger partial charge in [-0.25, -0.2) is 4.98 Å². The van der Waals surface area contributed by atoms with E-state index in [1.165, 1.54) is 20.0 Å². The molecule has 3 heterocycles. The molecule has 32 heavy (non-hydrogen) atoms. The molecule has 2 aromatic heterocycles. The third-order valence-electron chi connectivity index (χ3n) is 5.68. The number of rotatable bonds is 7. The van der Waals surface area contributed by atoms with Gasteiger partial charge in [0.15, 0.2) is 0 Å². The molecule has 0 spiro atoms. The molecule has 0 saturated heterocycles. The second-order valence-corrected chi connectivity index (χ2v) is 11.1. The van der Waals surface area contributed by atoms with Crippen molar-refractivity contribution in [3.63, 3.8) is 0 Å². The molecule has 0 unspecified atom stereocenters. The molecule has 1 aliphatic rings. The van der Waals surface area contributed by atoms with Crippen molar-refractivity contribution in [2.24, 2.45) is 0 Å². The van der Waals surface area contributed by atoms with Crippen LogP contribution in [-0.2, 0) is 17.8 Å². The first-order chi connectivity index (χ1) is 15.7. The van der Waals surface area contributed by atoms with E-state index in [1.807, 2.05) is 24.3 Å². The highest BCUT2D eigenvalue weighted by Gasteiger charge is 2.27. The first-order valence-electron chi connectivity index (χ1n) is 10.9. The molecule has 0 radical (unpaired) electrons. The monoisotopic (exact) mass is 479 g/mol. The average molecular weight is 480 g/mol. The van der Waals surface area contributed by atoms with E-state index in [1.54, 1.807) is 34.4 Å². The maximum atomic E-state index is 12.8. The molecule has 1 amide bonds. The van der Waals surface area contributed by atoms with Gasteiger partial charge in [0.25, 0.3) is 0 Å². The normalized spacial score (nSPS) is 13.9. The number of para-hydroxylation sites is 1. The molecule has 4 nitrogen and oxygen atoms in total. The number of carbonyl (C=O) groups is 1. The predicted molar refractivity (Wildman–Crippen MR) is 138 cm³/mol. The van der Waals surface area contributed by atoms with E-state index in [0.29, 0.717) is 6.42 Å². The lowest BCUT2D eigenvalue weighted by Crippen LogP contribution is -2.29. The van der Waals surface area contributed by atoms with Gasteiger partial charge in [-0.2, -0.15) is 0 Å². The molecule has 1 N–H and O–H groups in total. The number of hydrogen-bond acceptors (Lipinski definition) is 6. The molecular weight excluding hydrogens is 454 g/mol. The first kappa shape index (κ1) is 21.6. The number of thioether (sulfide) groups is 1. The van der Waals surface area contributed by atoms with Crippen LogP contribution in [0.25, 0.3) is 20.8 Å². The van der Waals surface area contributed by atoms with Gasteiger partial charge < -0.3 is 5.32 Å². The molecule has 4 aromatic rings. The van der Waals surface area contributed by atoms with Crippen LogP contribution in [0, 0.1) is 0 Å². The summed E-state index contributed by atoms with van der Waals surface area (Å²) in [5.41, 5.74) is 3.54. The topological polar surface area (TPSA) is 45.2 Å². The Kier molecular flexibility index (Phi) is 6.59. The standard InChI is InChI=1S/C25H25N3OS3/c1-2-28-14-12-18-21(16-28)32-25(23(18)24-26-19-10-6-7-11-20(19)31-24)27-22(29)13-15-30-17-8-4-3-5-9-17/h3-11H,2,12-16H2,1H3,(H,27,29). The lowest BCUT2D eigenvalue weighted by atomic mass is 10.0. The molecule has 0 aliphatic carbocycles. The summed E-state index contributed by atoms with van der Waals surface area (Å²) in [5, 5.41) is 5.22. The van der Waals surface area contributed by atoms with Crippen LogP contribution < -0.4 is 5.32 Å². The fourth-order valence-electron chi connectivity index (χ4n) is 3.99. The Morgan fingerprint density at radius 1 is 1.12 bits per heavy atom. The van der Waals surface area contributed by atoms with Gasteiger partial charge in [0.05, 0.1) is 10.2 Å². The fraction of sp³-hybridized carbons (Fsp3) is 0.280. The highest BCUT2D eigenvalue weighted by atomic mass is 32.2. The molecule has 0 saturated carbocycles. The molecule has 0 bridgehead atoms. The zero-order valence-corrected chi connectivity index (χ0v) is 20.4. The number of fused-ring (bicyclic) bond motifs is 2. The second-order valence-electron chi connectivity index (χ2n) is 7.77. The maximum absolute atomic E-state index is 12.8. The van der Waals surface area contributed by atoms with Crippen LogP contribution in [0.15, 0.2) is 59.5 Å². The van der Waals surface area contributed by atoms with Crippen LogP contribution in [0.5, 0.6) is 0 Å². The maximum Gasteiger partial charge on any atom is 0.225 e. The van der Waals surface area contributed by atoms with Crippen molar-refractivity contribution in [1.82, 2.24) is 9.88 Å². The third kappa shape index (κ3) is 4.62. The molecule has 5 rings (SSSR count). The number of nitrogens with one attached hydrogen (secondary N) is 1. The number of anilines is 1.